The van der Waals surface area contributed by atoms with Crippen molar-refractivity contribution in [3.8, 4) is 0 Å². The molecule has 0 radical (unpaired) electrons. The van der Waals surface area contributed by atoms with Crippen molar-refractivity contribution in [2.75, 3.05) is 5.01 Å². The molecule has 0 saturated heterocycles. The number of benzene rings is 1. The number of hydrogen-bond donors (Lipinski definition) is 0. The normalized spacial score (nSPS) is 40.3. The summed E-state index contributed by atoms with van der Waals surface area (Å²) in [5, 5.41) is 21.7. The third-order valence-corrected chi connectivity index (χ3v) is 5.97. The van der Waals surface area contributed by atoms with Gasteiger partial charge in [-0.25, -0.2) is 5.01 Å². The first-order valence-corrected chi connectivity index (χ1v) is 7.85. The number of allylic oxidation sites excluding steroid dienone is 2. The van der Waals surface area contributed by atoms with E-state index in [1.807, 2.05) is 5.01 Å². The van der Waals surface area contributed by atoms with Crippen LogP contribution >= 0.6 is 0 Å². The standard InChI is InChI=1S/C16H16N4O2/c21-20(22)10-6-4-9(5-7-10)19-16-14-8-13(15(16)17-18-19)11-2-1-3-12(11)14/h1-2,4-7,11-16H,3,8H2/t11-,12-,13+,14+,15-,16+/m1/s1. The second-order valence-electron chi connectivity index (χ2n) is 6.77. The van der Waals surface area contributed by atoms with E-state index in [0.29, 0.717) is 29.8 Å². The number of nitro benzene ring substituents is 1. The SMILES string of the molecule is O=[N+]([O-])c1ccc(N2N=N[C@@H]3[C@H]4C[C@@H]([C@@H]5CC=C[C@H]54)[C@@H]32)cc1. The average Bonchev–Trinajstić information content (AvgIpc) is 3.25. The van der Waals surface area contributed by atoms with Crippen LogP contribution in [-0.2, 0) is 0 Å². The zero-order chi connectivity index (χ0) is 14.8. The molecule has 5 rings (SSSR count). The molecule has 1 aliphatic heterocycles. The van der Waals surface area contributed by atoms with Gasteiger partial charge in [0.1, 0.15) is 0 Å². The second-order valence-corrected chi connectivity index (χ2v) is 6.77. The molecule has 0 unspecified atom stereocenters. The summed E-state index contributed by atoms with van der Waals surface area (Å²) in [5.41, 5.74) is 1.03. The molecule has 2 fully saturated rings. The molecule has 1 heterocycles. The predicted octanol–water partition coefficient (Wildman–Crippen LogP) is 3.36. The second kappa shape index (κ2) is 4.15. The first kappa shape index (κ1) is 12.3. The highest BCUT2D eigenvalue weighted by molar-refractivity contribution is 5.52. The largest absolute Gasteiger partial charge is 0.269 e. The van der Waals surface area contributed by atoms with Crippen molar-refractivity contribution in [3.63, 3.8) is 0 Å². The van der Waals surface area contributed by atoms with E-state index in [0.717, 1.165) is 11.6 Å². The molecule has 1 aromatic rings. The lowest BCUT2D eigenvalue weighted by atomic mass is 9.76. The molecule has 0 aromatic heterocycles. The van der Waals surface area contributed by atoms with Gasteiger partial charge >= 0.3 is 0 Å². The third kappa shape index (κ3) is 1.44. The van der Waals surface area contributed by atoms with Crippen LogP contribution in [0, 0.1) is 33.8 Å². The number of anilines is 1. The summed E-state index contributed by atoms with van der Waals surface area (Å²) >= 11 is 0. The lowest BCUT2D eigenvalue weighted by molar-refractivity contribution is -0.384. The van der Waals surface area contributed by atoms with Crippen molar-refractivity contribution in [1.82, 2.24) is 0 Å². The third-order valence-electron chi connectivity index (χ3n) is 5.97. The summed E-state index contributed by atoms with van der Waals surface area (Å²) in [4.78, 5) is 10.4. The summed E-state index contributed by atoms with van der Waals surface area (Å²) in [6.45, 7) is 0. The van der Waals surface area contributed by atoms with Crippen molar-refractivity contribution < 1.29 is 4.92 Å². The Bertz CT molecular complexity index is 699. The molecule has 0 N–H and O–H groups in total. The van der Waals surface area contributed by atoms with Gasteiger partial charge in [-0.2, -0.15) is 5.11 Å². The van der Waals surface area contributed by atoms with E-state index in [4.69, 9.17) is 0 Å². The van der Waals surface area contributed by atoms with Crippen LogP contribution in [0.3, 0.4) is 0 Å². The van der Waals surface area contributed by atoms with Crippen LogP contribution in [0.5, 0.6) is 0 Å². The van der Waals surface area contributed by atoms with Crippen molar-refractivity contribution in [2.45, 2.75) is 24.9 Å². The molecule has 0 amide bonds. The number of fused-ring (bicyclic) bond motifs is 8. The van der Waals surface area contributed by atoms with E-state index in [1.165, 1.54) is 12.8 Å². The predicted molar refractivity (Wildman–Crippen MR) is 80.3 cm³/mol. The summed E-state index contributed by atoms with van der Waals surface area (Å²) < 4.78 is 0. The molecule has 6 heteroatoms. The highest BCUT2D eigenvalue weighted by Gasteiger charge is 2.61. The summed E-state index contributed by atoms with van der Waals surface area (Å²) in [7, 11) is 0. The zero-order valence-corrected chi connectivity index (χ0v) is 11.9. The van der Waals surface area contributed by atoms with Crippen molar-refractivity contribution in [3.05, 3.63) is 46.5 Å². The Morgan fingerprint density at radius 1 is 1.18 bits per heavy atom. The Labute approximate surface area is 127 Å². The molecule has 112 valence electrons. The van der Waals surface area contributed by atoms with Crippen LogP contribution < -0.4 is 5.01 Å². The smallest absolute Gasteiger partial charge is 0.258 e. The van der Waals surface area contributed by atoms with E-state index in [-0.39, 0.29) is 10.6 Å². The molecule has 2 bridgehead atoms. The van der Waals surface area contributed by atoms with Gasteiger partial charge in [0.15, 0.2) is 0 Å². The fraction of sp³-hybridized carbons (Fsp3) is 0.500. The fourth-order valence-electron chi connectivity index (χ4n) is 5.13. The minimum Gasteiger partial charge on any atom is -0.258 e. The Morgan fingerprint density at radius 3 is 2.77 bits per heavy atom. The van der Waals surface area contributed by atoms with Gasteiger partial charge < -0.3 is 0 Å². The maximum Gasteiger partial charge on any atom is 0.269 e. The summed E-state index contributed by atoms with van der Waals surface area (Å²) in [6.07, 6.45) is 7.14. The van der Waals surface area contributed by atoms with Crippen LogP contribution in [0.25, 0.3) is 0 Å². The molecule has 6 atom stereocenters. The van der Waals surface area contributed by atoms with Crippen molar-refractivity contribution >= 4 is 11.4 Å². The minimum absolute atomic E-state index is 0.115. The van der Waals surface area contributed by atoms with Gasteiger partial charge in [0.2, 0.25) is 0 Å². The number of rotatable bonds is 2. The molecule has 4 aliphatic rings. The van der Waals surface area contributed by atoms with Gasteiger partial charge in [0.05, 0.1) is 22.7 Å². The van der Waals surface area contributed by atoms with E-state index in [1.54, 1.807) is 24.3 Å². The Kier molecular flexibility index (Phi) is 2.32. The van der Waals surface area contributed by atoms with Crippen molar-refractivity contribution in [2.24, 2.45) is 34.0 Å². The van der Waals surface area contributed by atoms with Crippen molar-refractivity contribution in [1.29, 1.82) is 0 Å². The number of nitro groups is 1. The lowest BCUT2D eigenvalue weighted by Gasteiger charge is -2.35. The monoisotopic (exact) mass is 296 g/mol. The highest BCUT2D eigenvalue weighted by Crippen LogP contribution is 2.60. The molecule has 0 spiro atoms. The Morgan fingerprint density at radius 2 is 2.00 bits per heavy atom. The molecule has 6 nitrogen and oxygen atoms in total. The van der Waals surface area contributed by atoms with E-state index >= 15 is 0 Å². The van der Waals surface area contributed by atoms with Crippen LogP contribution in [0.1, 0.15) is 12.8 Å². The number of nitrogens with zero attached hydrogens (tertiary/aromatic N) is 4. The first-order chi connectivity index (χ1) is 10.7. The van der Waals surface area contributed by atoms with Crippen LogP contribution in [0.15, 0.2) is 46.8 Å². The van der Waals surface area contributed by atoms with Gasteiger partial charge in [0, 0.05) is 12.1 Å². The van der Waals surface area contributed by atoms with Gasteiger partial charge in [-0.3, -0.25) is 10.1 Å². The van der Waals surface area contributed by atoms with Crippen LogP contribution in [0.2, 0.25) is 0 Å². The Hall–Kier alpha value is -2.24. The molecular formula is C16H16N4O2. The van der Waals surface area contributed by atoms with Gasteiger partial charge in [-0.05, 0) is 48.6 Å². The minimum atomic E-state index is -0.371. The average molecular weight is 296 g/mol. The van der Waals surface area contributed by atoms with E-state index < -0.39 is 0 Å². The molecule has 22 heavy (non-hydrogen) atoms. The molecule has 1 aromatic carbocycles. The maximum atomic E-state index is 10.8. The van der Waals surface area contributed by atoms with E-state index in [9.17, 15) is 10.1 Å². The van der Waals surface area contributed by atoms with Crippen LogP contribution in [0.4, 0.5) is 11.4 Å². The quantitative estimate of drug-likeness (QED) is 0.477. The van der Waals surface area contributed by atoms with Gasteiger partial charge in [0.25, 0.3) is 5.69 Å². The highest BCUT2D eigenvalue weighted by atomic mass is 16.6. The summed E-state index contributed by atoms with van der Waals surface area (Å²) in [5.74, 6) is 2.71. The maximum absolute atomic E-state index is 10.8. The summed E-state index contributed by atoms with van der Waals surface area (Å²) in [6, 6.07) is 7.31. The van der Waals surface area contributed by atoms with Gasteiger partial charge in [-0.15, -0.1) is 0 Å². The molecular weight excluding hydrogens is 280 g/mol. The first-order valence-electron chi connectivity index (χ1n) is 7.85. The van der Waals surface area contributed by atoms with Gasteiger partial charge in [-0.1, -0.05) is 17.4 Å². The number of hydrogen-bond acceptors (Lipinski definition) is 5. The number of non-ortho nitro benzene ring substituents is 1. The molecule has 3 aliphatic carbocycles. The van der Waals surface area contributed by atoms with E-state index in [2.05, 4.69) is 22.5 Å². The van der Waals surface area contributed by atoms with Crippen LogP contribution in [-0.4, -0.2) is 17.0 Å². The fourth-order valence-corrected chi connectivity index (χ4v) is 5.13. The zero-order valence-electron chi connectivity index (χ0n) is 11.9. The Balaban J connectivity index is 1.46. The topological polar surface area (TPSA) is 71.1 Å². The molecule has 2 saturated carbocycles. The lowest BCUT2D eigenvalue weighted by Crippen LogP contribution is -2.44.